The van der Waals surface area contributed by atoms with Crippen molar-refractivity contribution in [2.45, 2.75) is 44.0 Å². The Bertz CT molecular complexity index is 392. The predicted octanol–water partition coefficient (Wildman–Crippen LogP) is -2.12. The summed E-state index contributed by atoms with van der Waals surface area (Å²) in [5, 5.41) is 51.0. The molecule has 0 aromatic rings. The first-order valence-corrected chi connectivity index (χ1v) is 6.37. The molecule has 1 aliphatic rings. The maximum Gasteiger partial charge on any atom is 0.328 e. The van der Waals surface area contributed by atoms with Crippen LogP contribution in [0.4, 0.5) is 0 Å². The van der Waals surface area contributed by atoms with Crippen LogP contribution in [0.3, 0.4) is 0 Å². The minimum atomic E-state index is -2.42. The molecule has 10 heteroatoms. The van der Waals surface area contributed by atoms with Gasteiger partial charge in [0.05, 0.1) is 18.4 Å². The lowest BCUT2D eigenvalue weighted by Crippen LogP contribution is -2.65. The lowest BCUT2D eigenvalue weighted by Gasteiger charge is -2.43. The average Bonchev–Trinajstić information content (AvgIpc) is 2.39. The number of hydrogen-bond acceptors (Lipinski definition) is 8. The average molecular weight is 308 g/mol. The molecule has 10 nitrogen and oxygen atoms in total. The first kappa shape index (κ1) is 17.7. The highest BCUT2D eigenvalue weighted by Gasteiger charge is 2.51. The van der Waals surface area contributed by atoms with Crippen molar-refractivity contribution < 1.29 is 35.1 Å². The summed E-state index contributed by atoms with van der Waals surface area (Å²) in [6.45, 7) is 1.83. The molecule has 5 atom stereocenters. The number of nitroso groups, excluding NO2 is 1. The number of aliphatic hydroxyl groups excluding tert-OH is 3. The Labute approximate surface area is 120 Å². The SMILES string of the molecule is CC(C)[C@@H](C(=O)O)N(C[C@@]1(O)OC[C@@H](O)[C@@H](O)[C@H]1O)N=O. The van der Waals surface area contributed by atoms with Gasteiger partial charge in [-0.25, -0.2) is 9.80 Å². The van der Waals surface area contributed by atoms with Gasteiger partial charge in [0.25, 0.3) is 0 Å². The van der Waals surface area contributed by atoms with Gasteiger partial charge >= 0.3 is 5.97 Å². The molecule has 1 rings (SSSR count). The van der Waals surface area contributed by atoms with Crippen LogP contribution in [0.25, 0.3) is 0 Å². The van der Waals surface area contributed by atoms with E-state index in [4.69, 9.17) is 9.84 Å². The number of hydrogen-bond donors (Lipinski definition) is 5. The van der Waals surface area contributed by atoms with Crippen molar-refractivity contribution in [3.63, 3.8) is 0 Å². The quantitative estimate of drug-likeness (QED) is 0.273. The summed E-state index contributed by atoms with van der Waals surface area (Å²) >= 11 is 0. The second-order valence-electron chi connectivity index (χ2n) is 5.36. The zero-order valence-corrected chi connectivity index (χ0v) is 11.7. The molecule has 122 valence electrons. The van der Waals surface area contributed by atoms with E-state index in [0.29, 0.717) is 5.01 Å². The summed E-state index contributed by atoms with van der Waals surface area (Å²) in [7, 11) is 0. The number of ether oxygens (including phenoxy) is 1. The molecule has 0 bridgehead atoms. The Hall–Kier alpha value is -1.33. The first-order chi connectivity index (χ1) is 9.64. The highest BCUT2D eigenvalue weighted by Crippen LogP contribution is 2.26. The molecule has 1 aliphatic heterocycles. The van der Waals surface area contributed by atoms with Crippen molar-refractivity contribution >= 4 is 5.97 Å². The van der Waals surface area contributed by atoms with Crippen molar-refractivity contribution in [1.29, 1.82) is 0 Å². The summed E-state index contributed by atoms with van der Waals surface area (Å²) < 4.78 is 4.86. The third-order valence-electron chi connectivity index (χ3n) is 3.38. The van der Waals surface area contributed by atoms with Crippen molar-refractivity contribution in [2.75, 3.05) is 13.2 Å². The summed E-state index contributed by atoms with van der Waals surface area (Å²) in [6.07, 6.45) is -5.02. The Balaban J connectivity index is 2.94. The smallest absolute Gasteiger partial charge is 0.328 e. The summed E-state index contributed by atoms with van der Waals surface area (Å²) in [4.78, 5) is 22.0. The monoisotopic (exact) mass is 308 g/mol. The van der Waals surface area contributed by atoms with Crippen LogP contribution in [0.2, 0.25) is 0 Å². The number of rotatable bonds is 6. The van der Waals surface area contributed by atoms with E-state index in [0.717, 1.165) is 0 Å². The Morgan fingerprint density at radius 1 is 1.43 bits per heavy atom. The normalized spacial score (nSPS) is 34.5. The van der Waals surface area contributed by atoms with Gasteiger partial charge in [-0.2, -0.15) is 0 Å². The third kappa shape index (κ3) is 3.66. The third-order valence-corrected chi connectivity index (χ3v) is 3.38. The number of carboxylic acids is 1. The van der Waals surface area contributed by atoms with E-state index in [9.17, 15) is 30.1 Å². The van der Waals surface area contributed by atoms with Crippen molar-refractivity contribution in [3.05, 3.63) is 4.91 Å². The van der Waals surface area contributed by atoms with Crippen LogP contribution in [-0.2, 0) is 9.53 Å². The van der Waals surface area contributed by atoms with E-state index in [1.807, 2.05) is 0 Å². The van der Waals surface area contributed by atoms with Crippen LogP contribution < -0.4 is 0 Å². The molecule has 1 fully saturated rings. The predicted molar refractivity (Wildman–Crippen MR) is 67.7 cm³/mol. The van der Waals surface area contributed by atoms with Gasteiger partial charge in [0, 0.05) is 0 Å². The largest absolute Gasteiger partial charge is 0.480 e. The molecule has 0 aliphatic carbocycles. The van der Waals surface area contributed by atoms with Crippen LogP contribution in [0.15, 0.2) is 5.29 Å². The van der Waals surface area contributed by atoms with E-state index < -0.39 is 55.2 Å². The lowest BCUT2D eigenvalue weighted by atomic mass is 9.95. The molecule has 1 heterocycles. The minimum Gasteiger partial charge on any atom is -0.480 e. The van der Waals surface area contributed by atoms with Gasteiger partial charge in [-0.3, -0.25) is 0 Å². The second-order valence-corrected chi connectivity index (χ2v) is 5.36. The fourth-order valence-electron chi connectivity index (χ4n) is 2.20. The molecule has 0 unspecified atom stereocenters. The summed E-state index contributed by atoms with van der Waals surface area (Å²) in [6, 6.07) is -1.34. The molecule has 0 amide bonds. The van der Waals surface area contributed by atoms with Crippen LogP contribution in [0.5, 0.6) is 0 Å². The van der Waals surface area contributed by atoms with Gasteiger partial charge in [-0.05, 0) is 5.92 Å². The molecule has 0 aromatic carbocycles. The molecule has 0 radical (unpaired) electrons. The summed E-state index contributed by atoms with van der Waals surface area (Å²) in [5.41, 5.74) is 0. The van der Waals surface area contributed by atoms with Gasteiger partial charge in [0.15, 0.2) is 0 Å². The van der Waals surface area contributed by atoms with Crippen molar-refractivity contribution in [1.82, 2.24) is 5.01 Å². The van der Waals surface area contributed by atoms with E-state index in [1.54, 1.807) is 0 Å². The molecular weight excluding hydrogens is 288 g/mol. The fraction of sp³-hybridized carbons (Fsp3) is 0.909. The molecule has 0 saturated carbocycles. The second kappa shape index (κ2) is 6.62. The fourth-order valence-corrected chi connectivity index (χ4v) is 2.20. The van der Waals surface area contributed by atoms with Gasteiger partial charge in [0.2, 0.25) is 5.79 Å². The number of aliphatic carboxylic acids is 1. The number of carboxylic acid groups (broad SMARTS) is 1. The standard InChI is InChI=1S/C11H20N2O8/c1-5(2)7(10(17)18)13(12-20)4-11(19)9(16)8(15)6(14)3-21-11/h5-9,14-16,19H,3-4H2,1-2H3,(H,17,18)/t6-,7+,8-,9-,11-/m1/s1. The lowest BCUT2D eigenvalue weighted by molar-refractivity contribution is -0.326. The molecule has 21 heavy (non-hydrogen) atoms. The zero-order valence-electron chi connectivity index (χ0n) is 11.7. The molecule has 0 spiro atoms. The summed E-state index contributed by atoms with van der Waals surface area (Å²) in [5.74, 6) is -4.27. The Morgan fingerprint density at radius 3 is 2.43 bits per heavy atom. The highest BCUT2D eigenvalue weighted by molar-refractivity contribution is 5.73. The van der Waals surface area contributed by atoms with E-state index in [-0.39, 0.29) is 0 Å². The highest BCUT2D eigenvalue weighted by atomic mass is 16.6. The molecule has 1 saturated heterocycles. The van der Waals surface area contributed by atoms with Crippen molar-refractivity contribution in [3.8, 4) is 0 Å². The topological polar surface area (TPSA) is 160 Å². The van der Waals surface area contributed by atoms with E-state index >= 15 is 0 Å². The van der Waals surface area contributed by atoms with E-state index in [1.165, 1.54) is 13.8 Å². The van der Waals surface area contributed by atoms with Crippen molar-refractivity contribution in [2.24, 2.45) is 11.2 Å². The molecule has 0 aromatic heterocycles. The molecular formula is C11H20N2O8. The molecule has 5 N–H and O–H groups in total. The van der Waals surface area contributed by atoms with Crippen LogP contribution >= 0.6 is 0 Å². The first-order valence-electron chi connectivity index (χ1n) is 6.37. The maximum atomic E-state index is 11.2. The van der Waals surface area contributed by atoms with Gasteiger partial charge in [-0.15, -0.1) is 4.91 Å². The van der Waals surface area contributed by atoms with Gasteiger partial charge < -0.3 is 30.3 Å². The Kier molecular flexibility index (Phi) is 5.59. The Morgan fingerprint density at radius 2 is 2.00 bits per heavy atom. The minimum absolute atomic E-state index is 0.485. The van der Waals surface area contributed by atoms with Crippen LogP contribution in [0.1, 0.15) is 13.8 Å². The van der Waals surface area contributed by atoms with Gasteiger partial charge in [0.1, 0.15) is 24.4 Å². The van der Waals surface area contributed by atoms with Crippen LogP contribution in [0, 0.1) is 10.8 Å². The zero-order chi connectivity index (χ0) is 16.4. The number of nitrogens with zero attached hydrogens (tertiary/aromatic N) is 2. The number of aliphatic hydroxyl groups is 4. The maximum absolute atomic E-state index is 11.2. The number of carbonyl (C=O) groups is 1. The van der Waals surface area contributed by atoms with Gasteiger partial charge in [-0.1, -0.05) is 13.8 Å². The van der Waals surface area contributed by atoms with E-state index in [2.05, 4.69) is 5.29 Å². The van der Waals surface area contributed by atoms with Crippen LogP contribution in [-0.4, -0.2) is 79.8 Å².